The van der Waals surface area contributed by atoms with Crippen LogP contribution in [0.5, 0.6) is 0 Å². The summed E-state index contributed by atoms with van der Waals surface area (Å²) in [6.07, 6.45) is 0. The molecule has 0 saturated heterocycles. The molecule has 22 heteroatoms. The molecule has 0 amide bonds. The van der Waals surface area contributed by atoms with E-state index >= 15 is 0 Å². The summed E-state index contributed by atoms with van der Waals surface area (Å²) >= 11 is 0. The molecular weight excluding hydrogens is 479 g/mol. The summed E-state index contributed by atoms with van der Waals surface area (Å²) in [7, 11) is -10.7. The first-order valence-corrected chi connectivity index (χ1v) is 8.90. The number of nitrogens with zero attached hydrogens (tertiary/aromatic N) is 6. The minimum absolute atomic E-state index is 0. The molecule has 2 aromatic heterocycles. The van der Waals surface area contributed by atoms with Gasteiger partial charge < -0.3 is 58.5 Å². The number of hydrogen-bond donors (Lipinski definition) is 8. The standard InChI is InChI=1S/2C3H6N6.H4O7P2.Zn/c2*4-1-7-2(5)9-3(6)8-1;1-8(2,3)7-9(4,5)6;/h2*(H6,4,5,6,7,8,9);(H2,1,2,3)(H2,4,5,6);/q;;;+2/p-2. The van der Waals surface area contributed by atoms with Crippen molar-refractivity contribution in [2.45, 2.75) is 0 Å². The van der Waals surface area contributed by atoms with Crippen LogP contribution in [0.15, 0.2) is 0 Å². The Hall–Kier alpha value is -2.30. The second kappa shape index (κ2) is 11.5. The Bertz CT molecular complexity index is 690. The van der Waals surface area contributed by atoms with Crippen LogP contribution in [-0.2, 0) is 32.9 Å². The van der Waals surface area contributed by atoms with Crippen molar-refractivity contribution in [3.05, 3.63) is 0 Å². The number of aromatic nitrogens is 6. The minimum atomic E-state index is -5.55. The van der Waals surface area contributed by atoms with Crippen molar-refractivity contribution < 1.29 is 52.5 Å². The third kappa shape index (κ3) is 15.9. The minimum Gasteiger partial charge on any atom is -0.789 e. The van der Waals surface area contributed by atoms with E-state index in [1.54, 1.807) is 0 Å². The predicted molar refractivity (Wildman–Crippen MR) is 86.9 cm³/mol. The molecule has 28 heavy (non-hydrogen) atoms. The molecule has 152 valence electrons. The van der Waals surface area contributed by atoms with E-state index in [2.05, 4.69) is 34.2 Å². The van der Waals surface area contributed by atoms with Crippen LogP contribution in [0.3, 0.4) is 0 Å². The zero-order valence-electron chi connectivity index (χ0n) is 13.7. The van der Waals surface area contributed by atoms with Gasteiger partial charge in [-0.25, -0.2) is 4.57 Å². The molecule has 0 spiro atoms. The van der Waals surface area contributed by atoms with Gasteiger partial charge in [0.2, 0.25) is 35.7 Å². The van der Waals surface area contributed by atoms with Gasteiger partial charge in [-0.15, -0.1) is 0 Å². The van der Waals surface area contributed by atoms with Gasteiger partial charge in [-0.2, -0.15) is 29.9 Å². The van der Waals surface area contributed by atoms with Crippen LogP contribution in [0.25, 0.3) is 0 Å². The number of hydrogen-bond acceptors (Lipinski definition) is 17. The summed E-state index contributed by atoms with van der Waals surface area (Å²) in [4.78, 5) is 55.1. The van der Waals surface area contributed by atoms with Crippen molar-refractivity contribution in [2.75, 3.05) is 34.4 Å². The molecule has 0 fully saturated rings. The van der Waals surface area contributed by atoms with E-state index in [1.807, 2.05) is 0 Å². The summed E-state index contributed by atoms with van der Waals surface area (Å²) in [5.74, 6) is 0.250. The van der Waals surface area contributed by atoms with Crippen LogP contribution in [-0.4, -0.2) is 39.7 Å². The molecule has 0 aromatic carbocycles. The zero-order chi connectivity index (χ0) is 21.4. The SMILES string of the molecule is Nc1nc(N)nc(N)n1.Nc1nc(N)nc(N)n1.O=P([O-])([O-])OP(=O)(O)O.[Zn+2]. The molecule has 0 bridgehead atoms. The third-order valence-corrected chi connectivity index (χ3v) is 3.23. The predicted octanol–water partition coefficient (Wildman–Crippen LogP) is -4.84. The molecule has 14 N–H and O–H groups in total. The smallest absolute Gasteiger partial charge is 0.789 e. The van der Waals surface area contributed by atoms with E-state index in [1.165, 1.54) is 0 Å². The molecule has 0 saturated carbocycles. The molecular formula is C6H14N12O7P2Zn. The van der Waals surface area contributed by atoms with Crippen molar-refractivity contribution in [3.63, 3.8) is 0 Å². The molecule has 0 aliphatic rings. The van der Waals surface area contributed by atoms with Crippen molar-refractivity contribution >= 4 is 51.3 Å². The first-order chi connectivity index (χ1) is 12.1. The molecule has 2 heterocycles. The summed E-state index contributed by atoms with van der Waals surface area (Å²) in [5, 5.41) is 0. The van der Waals surface area contributed by atoms with Gasteiger partial charge in [0.15, 0.2) is 0 Å². The van der Waals surface area contributed by atoms with Gasteiger partial charge >= 0.3 is 27.3 Å². The number of rotatable bonds is 2. The van der Waals surface area contributed by atoms with E-state index in [0.717, 1.165) is 0 Å². The fourth-order valence-corrected chi connectivity index (χ4v) is 2.03. The van der Waals surface area contributed by atoms with Gasteiger partial charge in [-0.05, 0) is 0 Å². The van der Waals surface area contributed by atoms with Gasteiger partial charge in [-0.1, -0.05) is 0 Å². The Kier molecular flexibility index (Phi) is 11.5. The van der Waals surface area contributed by atoms with Crippen molar-refractivity contribution in [3.8, 4) is 0 Å². The average Bonchev–Trinajstić information content (AvgIpc) is 2.31. The third-order valence-electron chi connectivity index (χ3n) is 1.58. The Labute approximate surface area is 168 Å². The monoisotopic (exact) mass is 492 g/mol. The van der Waals surface area contributed by atoms with Crippen LogP contribution < -0.4 is 44.2 Å². The summed E-state index contributed by atoms with van der Waals surface area (Å²) in [6.45, 7) is 0. The first-order valence-electron chi connectivity index (χ1n) is 5.91. The van der Waals surface area contributed by atoms with Crippen molar-refractivity contribution in [2.24, 2.45) is 0 Å². The van der Waals surface area contributed by atoms with E-state index in [9.17, 15) is 18.9 Å². The Balaban J connectivity index is 0. The Morgan fingerprint density at radius 1 is 0.643 bits per heavy atom. The molecule has 2 rings (SSSR count). The van der Waals surface area contributed by atoms with Crippen LogP contribution in [0.2, 0.25) is 0 Å². The van der Waals surface area contributed by atoms with Gasteiger partial charge in [-0.3, -0.25) is 4.31 Å². The zero-order valence-corrected chi connectivity index (χ0v) is 18.4. The number of phosphoric acid groups is 2. The number of anilines is 6. The summed E-state index contributed by atoms with van der Waals surface area (Å²) < 4.78 is 21.7. The maximum Gasteiger partial charge on any atom is 2.00 e. The average molecular weight is 494 g/mol. The fourth-order valence-electron chi connectivity index (χ4n) is 0.984. The van der Waals surface area contributed by atoms with Gasteiger partial charge in [0.05, 0.1) is 7.82 Å². The largest absolute Gasteiger partial charge is 2.00 e. The maximum atomic E-state index is 9.55. The van der Waals surface area contributed by atoms with Crippen LogP contribution in [0.4, 0.5) is 35.7 Å². The van der Waals surface area contributed by atoms with Crippen molar-refractivity contribution in [1.82, 2.24) is 29.9 Å². The number of nitrogens with two attached hydrogens (primary N) is 6. The quantitative estimate of drug-likeness (QED) is 0.143. The topological polar surface area (TPSA) is 363 Å². The van der Waals surface area contributed by atoms with Gasteiger partial charge in [0.25, 0.3) is 0 Å². The van der Waals surface area contributed by atoms with Gasteiger partial charge in [0.1, 0.15) is 0 Å². The fraction of sp³-hybridized carbons (Fsp3) is 0. The summed E-state index contributed by atoms with van der Waals surface area (Å²) in [5.41, 5.74) is 30.8. The molecule has 0 radical (unpaired) electrons. The number of nitrogen functional groups attached to an aromatic ring is 6. The Morgan fingerprint density at radius 3 is 0.893 bits per heavy atom. The molecule has 2 aromatic rings. The molecule has 0 unspecified atom stereocenters. The molecule has 0 atom stereocenters. The molecule has 0 aliphatic heterocycles. The van der Waals surface area contributed by atoms with Crippen LogP contribution in [0, 0.1) is 0 Å². The molecule has 0 aliphatic carbocycles. The second-order valence-corrected chi connectivity index (χ2v) is 6.37. The van der Waals surface area contributed by atoms with Crippen molar-refractivity contribution in [1.29, 1.82) is 0 Å². The molecule has 19 nitrogen and oxygen atoms in total. The normalized spacial score (nSPS) is 10.4. The van der Waals surface area contributed by atoms with Gasteiger partial charge in [0, 0.05) is 0 Å². The second-order valence-electron chi connectivity index (χ2n) is 3.84. The van der Waals surface area contributed by atoms with E-state index < -0.39 is 15.6 Å². The van der Waals surface area contributed by atoms with Crippen LogP contribution >= 0.6 is 15.6 Å². The first kappa shape index (κ1) is 27.9. The Morgan fingerprint density at radius 2 is 0.821 bits per heavy atom. The summed E-state index contributed by atoms with van der Waals surface area (Å²) in [6, 6.07) is 0. The van der Waals surface area contributed by atoms with Crippen LogP contribution in [0.1, 0.15) is 0 Å². The maximum absolute atomic E-state index is 9.55. The van der Waals surface area contributed by atoms with E-state index in [0.29, 0.717) is 0 Å². The van der Waals surface area contributed by atoms with E-state index in [4.69, 9.17) is 44.2 Å². The van der Waals surface area contributed by atoms with E-state index in [-0.39, 0.29) is 55.2 Å².